The van der Waals surface area contributed by atoms with Gasteiger partial charge in [0.05, 0.1) is 18.1 Å². The highest BCUT2D eigenvalue weighted by Crippen LogP contribution is 2.15. The monoisotopic (exact) mass is 363 g/mol. The van der Waals surface area contributed by atoms with Crippen LogP contribution in [-0.4, -0.2) is 35.1 Å². The molecule has 2 amide bonds. The largest absolute Gasteiger partial charge is 0.497 e. The lowest BCUT2D eigenvalue weighted by atomic mass is 10.2. The number of aryl methyl sites for hydroxylation is 1. The summed E-state index contributed by atoms with van der Waals surface area (Å²) < 4.78 is 10.0. The normalized spacial score (nSPS) is 11.6. The van der Waals surface area contributed by atoms with Crippen molar-refractivity contribution in [1.29, 1.82) is 0 Å². The highest BCUT2D eigenvalue weighted by molar-refractivity contribution is 8.01. The average molecular weight is 363 g/mol. The maximum absolute atomic E-state index is 12.0. The molecule has 134 valence electrons. The lowest BCUT2D eigenvalue weighted by Gasteiger charge is -2.11. The number of rotatable bonds is 8. The number of anilines is 1. The molecule has 0 spiro atoms. The van der Waals surface area contributed by atoms with Gasteiger partial charge in [0.2, 0.25) is 11.8 Å². The van der Waals surface area contributed by atoms with Crippen LogP contribution in [0.3, 0.4) is 0 Å². The third kappa shape index (κ3) is 6.15. The van der Waals surface area contributed by atoms with Gasteiger partial charge in [-0.25, -0.2) is 0 Å². The summed E-state index contributed by atoms with van der Waals surface area (Å²) in [5.41, 5.74) is 0.949. The van der Waals surface area contributed by atoms with Crippen molar-refractivity contribution in [2.45, 2.75) is 25.6 Å². The Hall–Kier alpha value is -2.48. The molecule has 0 saturated carbocycles. The van der Waals surface area contributed by atoms with E-state index < -0.39 is 0 Å². The van der Waals surface area contributed by atoms with Gasteiger partial charge in [0, 0.05) is 12.6 Å². The SMILES string of the molecule is COc1cccc(CNC(=O)CS[C@H](C)C(=O)Nc2cc(C)on2)c1. The maximum Gasteiger partial charge on any atom is 0.238 e. The molecule has 0 radical (unpaired) electrons. The van der Waals surface area contributed by atoms with Gasteiger partial charge in [0.25, 0.3) is 0 Å². The Labute approximate surface area is 150 Å². The smallest absolute Gasteiger partial charge is 0.238 e. The van der Waals surface area contributed by atoms with Crippen LogP contribution in [-0.2, 0) is 16.1 Å². The average Bonchev–Trinajstić information content (AvgIpc) is 3.02. The van der Waals surface area contributed by atoms with Crippen LogP contribution in [0.5, 0.6) is 5.75 Å². The van der Waals surface area contributed by atoms with E-state index in [1.807, 2.05) is 24.3 Å². The summed E-state index contributed by atoms with van der Waals surface area (Å²) in [6.45, 7) is 3.89. The Morgan fingerprint density at radius 3 is 2.84 bits per heavy atom. The summed E-state index contributed by atoms with van der Waals surface area (Å²) in [5, 5.41) is 8.79. The van der Waals surface area contributed by atoms with Crippen LogP contribution in [0.4, 0.5) is 5.82 Å². The first-order valence-electron chi connectivity index (χ1n) is 7.73. The van der Waals surface area contributed by atoms with E-state index >= 15 is 0 Å². The van der Waals surface area contributed by atoms with Crippen molar-refractivity contribution < 1.29 is 18.8 Å². The maximum atomic E-state index is 12.0. The molecule has 7 nitrogen and oxygen atoms in total. The standard InChI is InChI=1S/C17H21N3O4S/c1-11-7-15(20-24-11)19-17(22)12(2)25-10-16(21)18-9-13-5-4-6-14(8-13)23-3/h4-8,12H,9-10H2,1-3H3,(H,18,21)(H,19,20,22)/t12-/m1/s1. The van der Waals surface area contributed by atoms with E-state index in [2.05, 4.69) is 15.8 Å². The highest BCUT2D eigenvalue weighted by Gasteiger charge is 2.16. The van der Waals surface area contributed by atoms with E-state index in [0.29, 0.717) is 18.1 Å². The lowest BCUT2D eigenvalue weighted by molar-refractivity contribution is -0.118. The van der Waals surface area contributed by atoms with E-state index in [-0.39, 0.29) is 22.8 Å². The van der Waals surface area contributed by atoms with Crippen LogP contribution >= 0.6 is 11.8 Å². The molecule has 1 aromatic carbocycles. The predicted octanol–water partition coefficient (Wildman–Crippen LogP) is 2.37. The molecule has 0 aliphatic carbocycles. The Bertz CT molecular complexity index is 732. The van der Waals surface area contributed by atoms with Crippen molar-refractivity contribution in [3.63, 3.8) is 0 Å². The third-order valence-electron chi connectivity index (χ3n) is 3.34. The van der Waals surface area contributed by atoms with Crippen LogP contribution in [0.25, 0.3) is 0 Å². The van der Waals surface area contributed by atoms with E-state index in [0.717, 1.165) is 11.3 Å². The van der Waals surface area contributed by atoms with Gasteiger partial charge in [-0.2, -0.15) is 0 Å². The summed E-state index contributed by atoms with van der Waals surface area (Å²) in [6.07, 6.45) is 0. The number of hydrogen-bond donors (Lipinski definition) is 2. The van der Waals surface area contributed by atoms with E-state index in [4.69, 9.17) is 9.26 Å². The van der Waals surface area contributed by atoms with Gasteiger partial charge in [-0.15, -0.1) is 11.8 Å². The summed E-state index contributed by atoms with van der Waals surface area (Å²) in [4.78, 5) is 24.0. The van der Waals surface area contributed by atoms with Gasteiger partial charge in [-0.05, 0) is 31.5 Å². The van der Waals surface area contributed by atoms with Gasteiger partial charge in [0.15, 0.2) is 5.82 Å². The number of carbonyl (C=O) groups is 2. The van der Waals surface area contributed by atoms with Crippen LogP contribution < -0.4 is 15.4 Å². The Balaban J connectivity index is 1.72. The molecule has 8 heteroatoms. The molecule has 2 N–H and O–H groups in total. The van der Waals surface area contributed by atoms with Crippen LogP contribution in [0, 0.1) is 6.92 Å². The molecule has 0 saturated heterocycles. The minimum absolute atomic E-state index is 0.134. The first-order chi connectivity index (χ1) is 12.0. The summed E-state index contributed by atoms with van der Waals surface area (Å²) in [7, 11) is 1.60. The molecule has 0 unspecified atom stereocenters. The molecule has 2 rings (SSSR count). The van der Waals surface area contributed by atoms with E-state index in [1.165, 1.54) is 11.8 Å². The molecule has 2 aromatic rings. The molecular formula is C17H21N3O4S. The fraction of sp³-hybridized carbons (Fsp3) is 0.353. The number of ether oxygens (including phenoxy) is 1. The van der Waals surface area contributed by atoms with Gasteiger partial charge >= 0.3 is 0 Å². The summed E-state index contributed by atoms with van der Waals surface area (Å²) in [5.74, 6) is 1.57. The quantitative estimate of drug-likeness (QED) is 0.748. The summed E-state index contributed by atoms with van der Waals surface area (Å²) >= 11 is 1.25. The van der Waals surface area contributed by atoms with E-state index in [9.17, 15) is 9.59 Å². The topological polar surface area (TPSA) is 93.5 Å². The van der Waals surface area contributed by atoms with Crippen molar-refractivity contribution in [2.75, 3.05) is 18.2 Å². The van der Waals surface area contributed by atoms with Crippen molar-refractivity contribution in [1.82, 2.24) is 10.5 Å². The number of nitrogens with zero attached hydrogens (tertiary/aromatic N) is 1. The van der Waals surface area contributed by atoms with Crippen molar-refractivity contribution >= 4 is 29.4 Å². The number of carbonyl (C=O) groups excluding carboxylic acids is 2. The fourth-order valence-corrected chi connectivity index (χ4v) is 2.68. The number of thioether (sulfide) groups is 1. The van der Waals surface area contributed by atoms with Gasteiger partial charge in [0.1, 0.15) is 11.5 Å². The third-order valence-corrected chi connectivity index (χ3v) is 4.48. The van der Waals surface area contributed by atoms with Crippen molar-refractivity contribution in [3.8, 4) is 5.75 Å². The van der Waals surface area contributed by atoms with Crippen LogP contribution in [0.15, 0.2) is 34.9 Å². The molecule has 0 fully saturated rings. The summed E-state index contributed by atoms with van der Waals surface area (Å²) in [6, 6.07) is 9.12. The van der Waals surface area contributed by atoms with Gasteiger partial charge in [-0.3, -0.25) is 9.59 Å². The first kappa shape index (κ1) is 18.9. The van der Waals surface area contributed by atoms with Gasteiger partial charge < -0.3 is 19.9 Å². The molecule has 25 heavy (non-hydrogen) atoms. The number of methoxy groups -OCH3 is 1. The Kier molecular flexibility index (Phi) is 6.88. The molecule has 1 heterocycles. The first-order valence-corrected chi connectivity index (χ1v) is 8.78. The van der Waals surface area contributed by atoms with Gasteiger partial charge in [-0.1, -0.05) is 17.3 Å². The Morgan fingerprint density at radius 1 is 1.36 bits per heavy atom. The minimum atomic E-state index is -0.389. The Morgan fingerprint density at radius 2 is 2.16 bits per heavy atom. The zero-order valence-electron chi connectivity index (χ0n) is 14.4. The molecule has 1 atom stereocenters. The highest BCUT2D eigenvalue weighted by atomic mass is 32.2. The minimum Gasteiger partial charge on any atom is -0.497 e. The molecule has 1 aromatic heterocycles. The number of nitrogens with one attached hydrogen (secondary N) is 2. The van der Waals surface area contributed by atoms with Crippen LogP contribution in [0.1, 0.15) is 18.2 Å². The van der Waals surface area contributed by atoms with E-state index in [1.54, 1.807) is 27.0 Å². The molecule has 0 aliphatic heterocycles. The second kappa shape index (κ2) is 9.12. The number of benzene rings is 1. The van der Waals surface area contributed by atoms with Crippen molar-refractivity contribution in [3.05, 3.63) is 41.7 Å². The lowest BCUT2D eigenvalue weighted by Crippen LogP contribution is -2.28. The van der Waals surface area contributed by atoms with Crippen LogP contribution in [0.2, 0.25) is 0 Å². The zero-order chi connectivity index (χ0) is 18.2. The second-order valence-corrected chi connectivity index (χ2v) is 6.72. The predicted molar refractivity (Wildman–Crippen MR) is 96.6 cm³/mol. The number of hydrogen-bond acceptors (Lipinski definition) is 6. The molecule has 0 bridgehead atoms. The number of amides is 2. The fourth-order valence-electron chi connectivity index (χ4n) is 1.96. The number of aromatic nitrogens is 1. The second-order valence-electron chi connectivity index (χ2n) is 5.39. The molecule has 0 aliphatic rings. The molecular weight excluding hydrogens is 342 g/mol. The zero-order valence-corrected chi connectivity index (χ0v) is 15.2. The van der Waals surface area contributed by atoms with Crippen molar-refractivity contribution in [2.24, 2.45) is 0 Å².